The third kappa shape index (κ3) is 1.70. The lowest BCUT2D eigenvalue weighted by Crippen LogP contribution is -2.07. The highest BCUT2D eigenvalue weighted by atomic mass is 79.9. The average molecular weight is 450 g/mol. The van der Waals surface area contributed by atoms with E-state index in [1.165, 1.54) is 0 Å². The summed E-state index contributed by atoms with van der Waals surface area (Å²) in [5.41, 5.74) is 1.30. The number of carbonyl (C=O) groups excluding carboxylic acids is 1. The Bertz CT molecular complexity index is 428. The van der Waals surface area contributed by atoms with Gasteiger partial charge in [0.05, 0.1) is 5.56 Å². The SMILES string of the molecule is O=C1OC(Br)(Br)c2c(Br)cc(Br)cc21. The lowest BCUT2D eigenvalue weighted by atomic mass is 10.1. The van der Waals surface area contributed by atoms with Gasteiger partial charge in [-0.15, -0.1) is 0 Å². The summed E-state index contributed by atoms with van der Waals surface area (Å²) in [6.07, 6.45) is 0. The fraction of sp³-hybridized carbons (Fsp3) is 0.125. The zero-order chi connectivity index (χ0) is 10.5. The number of fused-ring (bicyclic) bond motifs is 1. The lowest BCUT2D eigenvalue weighted by Gasteiger charge is -2.13. The number of benzene rings is 1. The van der Waals surface area contributed by atoms with Gasteiger partial charge in [-0.25, -0.2) is 4.79 Å². The summed E-state index contributed by atoms with van der Waals surface area (Å²) in [4.78, 5) is 11.5. The average Bonchev–Trinajstić information content (AvgIpc) is 2.21. The summed E-state index contributed by atoms with van der Waals surface area (Å²) in [5.74, 6) is -0.351. The van der Waals surface area contributed by atoms with Gasteiger partial charge >= 0.3 is 5.97 Å². The molecule has 0 atom stereocenters. The van der Waals surface area contributed by atoms with Crippen LogP contribution in [-0.4, -0.2) is 5.97 Å². The van der Waals surface area contributed by atoms with E-state index in [4.69, 9.17) is 4.74 Å². The Balaban J connectivity index is 2.75. The Morgan fingerprint density at radius 3 is 2.50 bits per heavy atom. The third-order valence-electron chi connectivity index (χ3n) is 1.79. The van der Waals surface area contributed by atoms with Crippen molar-refractivity contribution in [1.82, 2.24) is 0 Å². The Kier molecular flexibility index (Phi) is 2.83. The van der Waals surface area contributed by atoms with Gasteiger partial charge < -0.3 is 4.74 Å². The molecule has 1 heterocycles. The molecule has 14 heavy (non-hydrogen) atoms. The number of halogens is 4. The number of alkyl halides is 2. The minimum Gasteiger partial charge on any atom is -0.429 e. The van der Waals surface area contributed by atoms with Gasteiger partial charge in [0, 0.05) is 14.5 Å². The Morgan fingerprint density at radius 1 is 1.21 bits per heavy atom. The van der Waals surface area contributed by atoms with Gasteiger partial charge in [0.25, 0.3) is 0 Å². The number of hydrogen-bond donors (Lipinski definition) is 0. The first-order valence-electron chi connectivity index (χ1n) is 3.52. The molecule has 0 aromatic heterocycles. The minimum atomic E-state index is -0.911. The predicted molar refractivity (Wildman–Crippen MR) is 66.8 cm³/mol. The van der Waals surface area contributed by atoms with Crippen molar-refractivity contribution < 1.29 is 9.53 Å². The number of rotatable bonds is 0. The van der Waals surface area contributed by atoms with Crippen LogP contribution in [0, 0.1) is 0 Å². The van der Waals surface area contributed by atoms with Gasteiger partial charge in [-0.1, -0.05) is 31.9 Å². The van der Waals surface area contributed by atoms with Gasteiger partial charge in [-0.05, 0) is 44.0 Å². The molecule has 6 heteroatoms. The smallest absolute Gasteiger partial charge is 0.341 e. The second-order valence-electron chi connectivity index (χ2n) is 2.72. The van der Waals surface area contributed by atoms with Gasteiger partial charge in [0.1, 0.15) is 0 Å². The number of hydrogen-bond acceptors (Lipinski definition) is 2. The number of cyclic esters (lactones) is 1. The van der Waals surface area contributed by atoms with E-state index in [2.05, 4.69) is 63.7 Å². The minimum absolute atomic E-state index is 0.351. The van der Waals surface area contributed by atoms with Gasteiger partial charge in [0.2, 0.25) is 3.42 Å². The molecule has 0 radical (unpaired) electrons. The van der Waals surface area contributed by atoms with E-state index in [-0.39, 0.29) is 5.97 Å². The third-order valence-corrected chi connectivity index (χ3v) is 3.99. The quantitative estimate of drug-likeness (QED) is 0.436. The van der Waals surface area contributed by atoms with Crippen molar-refractivity contribution in [2.24, 2.45) is 0 Å². The highest BCUT2D eigenvalue weighted by Crippen LogP contribution is 2.50. The second-order valence-corrected chi connectivity index (χ2v) is 7.78. The van der Waals surface area contributed by atoms with Crippen LogP contribution in [0.25, 0.3) is 0 Å². The summed E-state index contributed by atoms with van der Waals surface area (Å²) in [6, 6.07) is 3.59. The van der Waals surface area contributed by atoms with E-state index < -0.39 is 3.42 Å². The van der Waals surface area contributed by atoms with Crippen molar-refractivity contribution in [1.29, 1.82) is 0 Å². The van der Waals surface area contributed by atoms with Crippen LogP contribution in [0.3, 0.4) is 0 Å². The van der Waals surface area contributed by atoms with Crippen LogP contribution in [-0.2, 0) is 8.16 Å². The van der Waals surface area contributed by atoms with E-state index in [0.29, 0.717) is 5.56 Å². The van der Waals surface area contributed by atoms with E-state index in [9.17, 15) is 4.79 Å². The molecule has 1 aliphatic rings. The van der Waals surface area contributed by atoms with Gasteiger partial charge in [0.15, 0.2) is 0 Å². The molecule has 1 aromatic rings. The molecule has 74 valence electrons. The van der Waals surface area contributed by atoms with Crippen LogP contribution in [0.2, 0.25) is 0 Å². The van der Waals surface area contributed by atoms with Gasteiger partial charge in [-0.2, -0.15) is 0 Å². The molecule has 2 nitrogen and oxygen atoms in total. The van der Waals surface area contributed by atoms with E-state index in [0.717, 1.165) is 14.5 Å². The zero-order valence-corrected chi connectivity index (χ0v) is 12.8. The Morgan fingerprint density at radius 2 is 1.86 bits per heavy atom. The molecule has 0 N–H and O–H groups in total. The first-order valence-corrected chi connectivity index (χ1v) is 6.69. The lowest BCUT2D eigenvalue weighted by molar-refractivity contribution is 0.0493. The summed E-state index contributed by atoms with van der Waals surface area (Å²) < 4.78 is 5.83. The topological polar surface area (TPSA) is 26.3 Å². The molecule has 0 spiro atoms. The molecule has 0 fully saturated rings. The van der Waals surface area contributed by atoms with Crippen molar-refractivity contribution in [2.45, 2.75) is 3.42 Å². The van der Waals surface area contributed by atoms with Crippen LogP contribution in [0.1, 0.15) is 15.9 Å². The summed E-state index contributed by atoms with van der Waals surface area (Å²) >= 11 is 13.3. The van der Waals surface area contributed by atoms with Crippen molar-refractivity contribution in [3.63, 3.8) is 0 Å². The fourth-order valence-corrected chi connectivity index (χ4v) is 4.44. The standard InChI is InChI=1S/C8H2Br4O2/c9-3-1-4-6(5(10)2-3)8(11,12)14-7(4)13/h1-2H. The van der Waals surface area contributed by atoms with E-state index >= 15 is 0 Å². The van der Waals surface area contributed by atoms with Gasteiger partial charge in [-0.3, -0.25) is 0 Å². The van der Waals surface area contributed by atoms with Crippen molar-refractivity contribution >= 4 is 69.7 Å². The normalized spacial score (nSPS) is 17.9. The van der Waals surface area contributed by atoms with E-state index in [1.807, 2.05) is 6.07 Å². The first kappa shape index (κ1) is 11.1. The maximum atomic E-state index is 11.5. The summed E-state index contributed by atoms with van der Waals surface area (Å²) in [5, 5.41) is 0. The molecule has 2 rings (SSSR count). The molecule has 1 aromatic carbocycles. The van der Waals surface area contributed by atoms with Crippen LogP contribution in [0.5, 0.6) is 0 Å². The number of carbonyl (C=O) groups is 1. The Hall–Kier alpha value is 0.610. The summed E-state index contributed by atoms with van der Waals surface area (Å²) in [7, 11) is 0. The molecule has 0 bridgehead atoms. The first-order chi connectivity index (χ1) is 6.42. The van der Waals surface area contributed by atoms with Crippen LogP contribution >= 0.6 is 63.7 Å². The molecule has 0 saturated heterocycles. The maximum Gasteiger partial charge on any atom is 0.341 e. The fourth-order valence-electron chi connectivity index (χ4n) is 1.25. The predicted octanol–water partition coefficient (Wildman–Crippen LogP) is 4.28. The molecule has 1 aliphatic heterocycles. The molecule has 0 unspecified atom stereocenters. The molecular formula is C8H2Br4O2. The highest BCUT2D eigenvalue weighted by Gasteiger charge is 2.43. The van der Waals surface area contributed by atoms with Crippen molar-refractivity contribution in [3.8, 4) is 0 Å². The maximum absolute atomic E-state index is 11.5. The van der Waals surface area contributed by atoms with Crippen LogP contribution in [0.15, 0.2) is 21.1 Å². The largest absolute Gasteiger partial charge is 0.429 e. The van der Waals surface area contributed by atoms with E-state index in [1.54, 1.807) is 6.07 Å². The van der Waals surface area contributed by atoms with Crippen molar-refractivity contribution in [2.75, 3.05) is 0 Å². The van der Waals surface area contributed by atoms with Crippen molar-refractivity contribution in [3.05, 3.63) is 32.2 Å². The number of esters is 1. The van der Waals surface area contributed by atoms with Crippen LogP contribution in [0.4, 0.5) is 0 Å². The molecule has 0 saturated carbocycles. The zero-order valence-electron chi connectivity index (χ0n) is 6.48. The molecule has 0 amide bonds. The monoisotopic (exact) mass is 446 g/mol. The summed E-state index contributed by atoms with van der Waals surface area (Å²) in [6.45, 7) is 0. The van der Waals surface area contributed by atoms with Crippen LogP contribution < -0.4 is 0 Å². The Labute approximate surface area is 114 Å². The highest BCUT2D eigenvalue weighted by molar-refractivity contribution is 9.24. The number of ether oxygens (including phenoxy) is 1. The molecular weight excluding hydrogens is 448 g/mol. The molecule has 0 aliphatic carbocycles. The second kappa shape index (κ2) is 3.57.